The smallest absolute Gasteiger partial charge is 0.144 e. The summed E-state index contributed by atoms with van der Waals surface area (Å²) in [6.45, 7) is 8.73. The lowest BCUT2D eigenvalue weighted by Gasteiger charge is -2.21. The maximum Gasteiger partial charge on any atom is 0.144 e. The third kappa shape index (κ3) is 8.48. The lowest BCUT2D eigenvalue weighted by molar-refractivity contribution is 0.485. The summed E-state index contributed by atoms with van der Waals surface area (Å²) in [5, 5.41) is 0. The van der Waals surface area contributed by atoms with Gasteiger partial charge in [0.1, 0.15) is 5.83 Å². The standard InChI is InChI=1S/C22H33FIN/c1-5-9-19(10-6-2)20(14-13-17(4)24)15-21-12-8-11-18(7-3)22(23)16-25-21/h8,11-12,15-17,19H,5-7,9-10,13-14H2,1-4H3/b11-8+,12-8?,18-11?,20-15-,21-12+,22-16?,22-18+,25-16-,25-21?. The molecule has 0 spiro atoms. The number of halogens is 2. The van der Waals surface area contributed by atoms with Crippen molar-refractivity contribution in [2.24, 2.45) is 10.9 Å². The van der Waals surface area contributed by atoms with Crippen molar-refractivity contribution in [3.8, 4) is 0 Å². The van der Waals surface area contributed by atoms with Gasteiger partial charge in [0.2, 0.25) is 0 Å². The maximum atomic E-state index is 14.1. The summed E-state index contributed by atoms with van der Waals surface area (Å²) in [5.41, 5.74) is 3.04. The molecule has 0 saturated heterocycles. The van der Waals surface area contributed by atoms with Gasteiger partial charge in [0.05, 0.1) is 11.9 Å². The van der Waals surface area contributed by atoms with E-state index in [1.54, 1.807) is 0 Å². The van der Waals surface area contributed by atoms with E-state index in [-0.39, 0.29) is 5.83 Å². The summed E-state index contributed by atoms with van der Waals surface area (Å²) in [6, 6.07) is 0. The molecule has 0 aromatic heterocycles. The summed E-state index contributed by atoms with van der Waals surface area (Å²) in [5.74, 6) is 0.390. The highest BCUT2D eigenvalue weighted by Crippen LogP contribution is 2.29. The molecule has 1 aliphatic rings. The molecule has 0 bridgehead atoms. The number of aliphatic imine (C=N–C) groups is 1. The van der Waals surface area contributed by atoms with Gasteiger partial charge >= 0.3 is 0 Å². The van der Waals surface area contributed by atoms with Gasteiger partial charge in [-0.05, 0) is 55.7 Å². The third-order valence-electron chi connectivity index (χ3n) is 4.54. The first-order chi connectivity index (χ1) is 12.0. The van der Waals surface area contributed by atoms with Crippen molar-refractivity contribution in [1.29, 1.82) is 0 Å². The van der Waals surface area contributed by atoms with E-state index in [9.17, 15) is 4.39 Å². The molecule has 0 aromatic carbocycles. The molecule has 1 unspecified atom stereocenters. The average molecular weight is 457 g/mol. The zero-order valence-electron chi connectivity index (χ0n) is 16.2. The van der Waals surface area contributed by atoms with E-state index < -0.39 is 0 Å². The van der Waals surface area contributed by atoms with Crippen molar-refractivity contribution in [3.05, 3.63) is 47.0 Å². The summed E-state index contributed by atoms with van der Waals surface area (Å²) < 4.78 is 14.7. The molecule has 1 atom stereocenters. The first kappa shape index (κ1) is 22.3. The van der Waals surface area contributed by atoms with Crippen LogP contribution in [-0.2, 0) is 0 Å². The Labute approximate surface area is 167 Å². The molecule has 0 N–H and O–H groups in total. The molecule has 1 aliphatic heterocycles. The van der Waals surface area contributed by atoms with E-state index in [0.717, 1.165) is 12.1 Å². The Morgan fingerprint density at radius 1 is 1.20 bits per heavy atom. The van der Waals surface area contributed by atoms with Gasteiger partial charge < -0.3 is 0 Å². The minimum Gasteiger partial charge on any atom is -0.254 e. The topological polar surface area (TPSA) is 12.4 Å². The van der Waals surface area contributed by atoms with Crippen LogP contribution in [0.15, 0.2) is 52.0 Å². The number of hydrogen-bond acceptors (Lipinski definition) is 1. The van der Waals surface area contributed by atoms with Crippen LogP contribution in [0.2, 0.25) is 0 Å². The summed E-state index contributed by atoms with van der Waals surface area (Å²) >= 11 is 2.49. The van der Waals surface area contributed by atoms with Gasteiger partial charge in [-0.2, -0.15) is 0 Å². The average Bonchev–Trinajstić information content (AvgIpc) is 2.57. The fourth-order valence-electron chi connectivity index (χ4n) is 3.13. The first-order valence-electron chi connectivity index (χ1n) is 9.67. The Balaban J connectivity index is 3.09. The molecule has 3 heteroatoms. The zero-order valence-corrected chi connectivity index (χ0v) is 18.4. The van der Waals surface area contributed by atoms with E-state index in [1.807, 2.05) is 25.2 Å². The van der Waals surface area contributed by atoms with Crippen LogP contribution in [0.1, 0.15) is 72.6 Å². The normalized spacial score (nSPS) is 24.4. The predicted molar refractivity (Wildman–Crippen MR) is 118 cm³/mol. The summed E-state index contributed by atoms with van der Waals surface area (Å²) in [4.78, 5) is 4.41. The maximum absolute atomic E-state index is 14.1. The Morgan fingerprint density at radius 3 is 2.44 bits per heavy atom. The van der Waals surface area contributed by atoms with Crippen LogP contribution < -0.4 is 0 Å². The van der Waals surface area contributed by atoms with Crippen LogP contribution in [0.4, 0.5) is 4.39 Å². The highest BCUT2D eigenvalue weighted by Gasteiger charge is 2.14. The van der Waals surface area contributed by atoms with Crippen molar-refractivity contribution in [2.45, 2.75) is 76.6 Å². The molecule has 0 saturated carbocycles. The fourth-order valence-corrected chi connectivity index (χ4v) is 3.44. The molecule has 1 heterocycles. The van der Waals surface area contributed by atoms with Crippen LogP contribution in [0.3, 0.4) is 0 Å². The molecule has 0 fully saturated rings. The van der Waals surface area contributed by atoms with Gasteiger partial charge in [-0.25, -0.2) is 4.39 Å². The largest absolute Gasteiger partial charge is 0.254 e. The molecular weight excluding hydrogens is 424 g/mol. The van der Waals surface area contributed by atoms with E-state index in [2.05, 4.69) is 54.4 Å². The van der Waals surface area contributed by atoms with Gasteiger partial charge in [0.25, 0.3) is 0 Å². The van der Waals surface area contributed by atoms with Crippen molar-refractivity contribution >= 4 is 28.8 Å². The Morgan fingerprint density at radius 2 is 1.88 bits per heavy atom. The number of nitrogens with zero attached hydrogens (tertiary/aromatic N) is 1. The highest BCUT2D eigenvalue weighted by atomic mass is 127. The van der Waals surface area contributed by atoms with Gasteiger partial charge in [0.15, 0.2) is 0 Å². The SMILES string of the molecule is CCCC(CCC)\C(=C/C1=C\C=C\C(CC)=C(F)/C=N\1)CCC(C)I. The summed E-state index contributed by atoms with van der Waals surface area (Å²) in [7, 11) is 0. The second-order valence-corrected chi connectivity index (χ2v) is 8.87. The Bertz CT molecular complexity index is 546. The van der Waals surface area contributed by atoms with Gasteiger partial charge in [-0.1, -0.05) is 80.9 Å². The van der Waals surface area contributed by atoms with Crippen molar-refractivity contribution in [3.63, 3.8) is 0 Å². The van der Waals surface area contributed by atoms with Gasteiger partial charge in [-0.3, -0.25) is 4.99 Å². The molecule has 0 aromatic rings. The number of rotatable bonds is 10. The Kier molecular flexibility index (Phi) is 11.3. The van der Waals surface area contributed by atoms with Crippen molar-refractivity contribution in [2.75, 3.05) is 0 Å². The number of allylic oxidation sites excluding steroid dienone is 7. The molecule has 0 aliphatic carbocycles. The van der Waals surface area contributed by atoms with Crippen molar-refractivity contribution in [1.82, 2.24) is 0 Å². The molecule has 25 heavy (non-hydrogen) atoms. The predicted octanol–water partition coefficient (Wildman–Crippen LogP) is 7.89. The van der Waals surface area contributed by atoms with Crippen LogP contribution in [-0.4, -0.2) is 10.1 Å². The van der Waals surface area contributed by atoms with E-state index in [1.165, 1.54) is 43.9 Å². The van der Waals surface area contributed by atoms with Crippen molar-refractivity contribution < 1.29 is 4.39 Å². The lowest BCUT2D eigenvalue weighted by Crippen LogP contribution is -2.06. The number of alkyl halides is 1. The molecule has 0 amide bonds. The highest BCUT2D eigenvalue weighted by molar-refractivity contribution is 14.1. The molecular formula is C22H33FIN. The molecule has 1 nitrogen and oxygen atoms in total. The Hall–Kier alpha value is -0.710. The van der Waals surface area contributed by atoms with Gasteiger partial charge in [-0.15, -0.1) is 0 Å². The molecule has 0 radical (unpaired) electrons. The fraction of sp³-hybridized carbons (Fsp3) is 0.591. The van der Waals surface area contributed by atoms with Crippen LogP contribution in [0, 0.1) is 5.92 Å². The molecule has 140 valence electrons. The quantitative estimate of drug-likeness (QED) is 0.234. The minimum absolute atomic E-state index is 0.223. The van der Waals surface area contributed by atoms with Crippen LogP contribution >= 0.6 is 22.6 Å². The lowest BCUT2D eigenvalue weighted by atomic mass is 9.86. The van der Waals surface area contributed by atoms with E-state index >= 15 is 0 Å². The second kappa shape index (κ2) is 12.6. The summed E-state index contributed by atoms with van der Waals surface area (Å²) in [6.07, 6.45) is 17.2. The minimum atomic E-state index is -0.223. The van der Waals surface area contributed by atoms with E-state index in [4.69, 9.17) is 0 Å². The number of hydrogen-bond donors (Lipinski definition) is 0. The van der Waals surface area contributed by atoms with Gasteiger partial charge in [0, 0.05) is 3.92 Å². The monoisotopic (exact) mass is 457 g/mol. The molecule has 1 rings (SSSR count). The first-order valence-corrected chi connectivity index (χ1v) is 10.9. The van der Waals surface area contributed by atoms with Crippen LogP contribution in [0.25, 0.3) is 0 Å². The zero-order chi connectivity index (χ0) is 18.7. The second-order valence-electron chi connectivity index (χ2n) is 6.75. The van der Waals surface area contributed by atoms with Crippen LogP contribution in [0.5, 0.6) is 0 Å². The van der Waals surface area contributed by atoms with E-state index in [0.29, 0.717) is 21.8 Å². The third-order valence-corrected chi connectivity index (χ3v) is 5.16.